The average Bonchev–Trinajstić information content (AvgIpc) is 3.24. The van der Waals surface area contributed by atoms with Crippen LogP contribution < -0.4 is 23.7 Å². The van der Waals surface area contributed by atoms with Gasteiger partial charge < -0.3 is 27.8 Å². The van der Waals surface area contributed by atoms with Gasteiger partial charge in [0.05, 0.1) is 25.4 Å². The Hall–Kier alpha value is -4.39. The Morgan fingerprint density at radius 3 is 1.48 bits per heavy atom. The number of hydrogen-bond acceptors (Lipinski definition) is 8. The van der Waals surface area contributed by atoms with E-state index in [1.165, 1.54) is 57.8 Å². The summed E-state index contributed by atoms with van der Waals surface area (Å²) in [5.74, 6) is 1.85. The Kier molecular flexibility index (Phi) is 22.2. The van der Waals surface area contributed by atoms with Crippen LogP contribution in [0.25, 0.3) is 11.1 Å². The van der Waals surface area contributed by atoms with Gasteiger partial charge in [0.2, 0.25) is 0 Å². The lowest BCUT2D eigenvalue weighted by Gasteiger charge is -2.25. The van der Waals surface area contributed by atoms with Crippen molar-refractivity contribution in [1.82, 2.24) is 0 Å². The predicted molar refractivity (Wildman–Crippen MR) is 253 cm³/mol. The van der Waals surface area contributed by atoms with E-state index in [1.807, 2.05) is 48.5 Å². The molecule has 0 atom stereocenters. The van der Waals surface area contributed by atoms with E-state index in [0.29, 0.717) is 53.9 Å². The van der Waals surface area contributed by atoms with Gasteiger partial charge in [-0.15, -0.1) is 0 Å². The van der Waals surface area contributed by atoms with Crippen molar-refractivity contribution in [3.8, 4) is 39.9 Å². The number of hydrogen-bond donors (Lipinski definition) is 0. The maximum atomic E-state index is 13.6. The maximum Gasteiger partial charge on any atom is 0.347 e. The molecule has 0 heterocycles. The molecule has 0 aliphatic carbocycles. The molecule has 4 aromatic rings. The number of benzene rings is 4. The lowest BCUT2D eigenvalue weighted by molar-refractivity contribution is 0.0722. The number of unbranched alkanes of at least 4 members (excludes halogenated alkanes) is 12. The summed E-state index contributed by atoms with van der Waals surface area (Å²) in [6.45, 7) is 15.2. The molecule has 1 radical (unpaired) electrons. The molecule has 0 saturated carbocycles. The van der Waals surface area contributed by atoms with Crippen molar-refractivity contribution in [3.05, 3.63) is 102 Å². The van der Waals surface area contributed by atoms with Crippen LogP contribution in [0, 0.1) is 0 Å². The molecule has 61 heavy (non-hydrogen) atoms. The van der Waals surface area contributed by atoms with Crippen molar-refractivity contribution in [3.63, 3.8) is 0 Å². The number of ether oxygens (including phenoxy) is 5. The summed E-state index contributed by atoms with van der Waals surface area (Å²) >= 11 is 0. The third-order valence-corrected chi connectivity index (χ3v) is 15.8. The highest BCUT2D eigenvalue weighted by Gasteiger charge is 2.23. The van der Waals surface area contributed by atoms with E-state index in [4.69, 9.17) is 27.8 Å². The van der Waals surface area contributed by atoms with Gasteiger partial charge in [0, 0.05) is 6.07 Å². The van der Waals surface area contributed by atoms with Crippen LogP contribution in [-0.2, 0) is 4.12 Å². The van der Waals surface area contributed by atoms with Crippen molar-refractivity contribution in [2.24, 2.45) is 0 Å². The van der Waals surface area contributed by atoms with E-state index in [0.717, 1.165) is 61.4 Å². The average molecular weight is 868 g/mol. The second-order valence-corrected chi connectivity index (χ2v) is 23.3. The Balaban J connectivity index is 1.29. The summed E-state index contributed by atoms with van der Waals surface area (Å²) in [5.41, 5.74) is 2.67. The van der Waals surface area contributed by atoms with Crippen LogP contribution in [0.1, 0.15) is 131 Å². The minimum Gasteiger partial charge on any atom is -0.494 e. The molecular formula is C51H71O8Si2. The molecule has 0 aliphatic rings. The highest BCUT2D eigenvalue weighted by Crippen LogP contribution is 2.30. The van der Waals surface area contributed by atoms with Gasteiger partial charge in [-0.3, -0.25) is 0 Å². The van der Waals surface area contributed by atoms with Crippen LogP contribution in [0.15, 0.2) is 91.0 Å². The first-order chi connectivity index (χ1) is 29.6. The van der Waals surface area contributed by atoms with Crippen molar-refractivity contribution < 1.29 is 37.4 Å². The fraction of sp³-hybridized carbons (Fsp3) is 0.490. The number of carbonyl (C=O) groups is 2. The minimum atomic E-state index is -1.63. The van der Waals surface area contributed by atoms with Gasteiger partial charge in [-0.05, 0) is 123 Å². The Morgan fingerprint density at radius 1 is 0.492 bits per heavy atom. The van der Waals surface area contributed by atoms with Gasteiger partial charge >= 0.3 is 11.9 Å². The van der Waals surface area contributed by atoms with E-state index in [-0.39, 0.29) is 0 Å². The maximum absolute atomic E-state index is 13.6. The molecule has 10 heteroatoms. The zero-order chi connectivity index (χ0) is 43.7. The molecule has 4 aromatic carbocycles. The van der Waals surface area contributed by atoms with Crippen molar-refractivity contribution in [1.29, 1.82) is 0 Å². The van der Waals surface area contributed by atoms with Crippen LogP contribution in [-0.4, -0.2) is 49.1 Å². The van der Waals surface area contributed by atoms with Gasteiger partial charge in [-0.25, -0.2) is 9.59 Å². The van der Waals surface area contributed by atoms with E-state index < -0.39 is 29.3 Å². The first kappa shape index (κ1) is 49.3. The van der Waals surface area contributed by atoms with E-state index in [1.54, 1.807) is 42.5 Å². The predicted octanol–water partition coefficient (Wildman–Crippen LogP) is 14.3. The molecule has 0 fully saturated rings. The number of rotatable bonds is 30. The van der Waals surface area contributed by atoms with Crippen molar-refractivity contribution in [2.45, 2.75) is 142 Å². The lowest BCUT2D eigenvalue weighted by Crippen LogP contribution is -2.34. The summed E-state index contributed by atoms with van der Waals surface area (Å²) in [5, 5.41) is 0. The highest BCUT2D eigenvalue weighted by molar-refractivity contribution is 6.77. The topological polar surface area (TPSA) is 89.5 Å². The molecule has 0 bridgehead atoms. The molecule has 0 aliphatic heterocycles. The van der Waals surface area contributed by atoms with Crippen LogP contribution in [0.3, 0.4) is 0 Å². The smallest absolute Gasteiger partial charge is 0.347 e. The molecule has 0 aromatic heterocycles. The fourth-order valence-electron chi connectivity index (χ4n) is 7.09. The summed E-state index contributed by atoms with van der Waals surface area (Å²) in [7, 11) is -2.32. The molecule has 0 saturated heterocycles. The SMILES string of the molecule is CCCCCCCCOc1ccc(C(=O)Oc2ccc(-c3ccc(OC(=O)c4ccc(OCCCCCCCC)cc4OCCCCC[Si](C)(C)O[Si](C)C)cc3)cc2)cc1. The van der Waals surface area contributed by atoms with Gasteiger partial charge in [0.1, 0.15) is 34.3 Å². The first-order valence-electron chi connectivity index (χ1n) is 22.8. The molecule has 4 rings (SSSR count). The van der Waals surface area contributed by atoms with Crippen molar-refractivity contribution >= 4 is 29.3 Å². The van der Waals surface area contributed by atoms with Crippen molar-refractivity contribution in [2.75, 3.05) is 19.8 Å². The minimum absolute atomic E-state index is 0.358. The van der Waals surface area contributed by atoms with E-state index in [9.17, 15) is 9.59 Å². The van der Waals surface area contributed by atoms with E-state index in [2.05, 4.69) is 40.0 Å². The normalized spacial score (nSPS) is 11.4. The summed E-state index contributed by atoms with van der Waals surface area (Å²) in [6.07, 6.45) is 17.4. The van der Waals surface area contributed by atoms with E-state index >= 15 is 0 Å². The van der Waals surface area contributed by atoms with Gasteiger partial charge in [-0.2, -0.15) is 0 Å². The van der Waals surface area contributed by atoms with Gasteiger partial charge in [0.15, 0.2) is 17.4 Å². The molecule has 0 amide bonds. The second kappa shape index (κ2) is 27.5. The van der Waals surface area contributed by atoms with Crippen LogP contribution in [0.4, 0.5) is 0 Å². The number of carbonyl (C=O) groups excluding carboxylic acids is 2. The standard InChI is InChI=1S/C51H71O8Si2/c1-7-9-11-13-15-18-36-54-44-28-26-43(27-29-44)50(52)57-45-30-22-41(23-31-45)42-24-32-46(33-25-42)58-51(53)48-35-34-47(55-37-19-16-14-12-10-8-2)40-49(48)56-38-20-17-21-39-61(5,6)59-60(3)4/h22-35,40H,7-21,36-39H2,1-6H3. The molecule has 0 spiro atoms. The van der Waals surface area contributed by atoms with Crippen LogP contribution >= 0.6 is 0 Å². The summed E-state index contributed by atoms with van der Waals surface area (Å²) in [6, 6.07) is 28.3. The summed E-state index contributed by atoms with van der Waals surface area (Å²) < 4.78 is 36.0. The third-order valence-electron chi connectivity index (χ3n) is 10.4. The third kappa shape index (κ3) is 19.0. The Labute approximate surface area is 369 Å². The first-order valence-corrected chi connectivity index (χ1v) is 28.4. The van der Waals surface area contributed by atoms with Gasteiger partial charge in [0.25, 0.3) is 0 Å². The molecule has 0 N–H and O–H groups in total. The lowest BCUT2D eigenvalue weighted by atomic mass is 10.1. The zero-order valence-electron chi connectivity index (χ0n) is 37.9. The molecule has 0 unspecified atom stereocenters. The molecule has 8 nitrogen and oxygen atoms in total. The van der Waals surface area contributed by atoms with Crippen LogP contribution in [0.5, 0.6) is 28.7 Å². The van der Waals surface area contributed by atoms with Gasteiger partial charge in [-0.1, -0.05) is 115 Å². The fourth-order valence-corrected chi connectivity index (χ4v) is 13.0. The Morgan fingerprint density at radius 2 is 0.934 bits per heavy atom. The highest BCUT2D eigenvalue weighted by atomic mass is 28.4. The largest absolute Gasteiger partial charge is 0.494 e. The van der Waals surface area contributed by atoms with Crippen LogP contribution in [0.2, 0.25) is 32.2 Å². The monoisotopic (exact) mass is 867 g/mol. The molecule has 331 valence electrons. The number of esters is 2. The summed E-state index contributed by atoms with van der Waals surface area (Å²) in [4.78, 5) is 26.4. The molecular weight excluding hydrogens is 797 g/mol. The second-order valence-electron chi connectivity index (χ2n) is 16.7. The Bertz CT molecular complexity index is 1840. The zero-order valence-corrected chi connectivity index (χ0v) is 39.9. The quantitative estimate of drug-likeness (QED) is 0.0222.